The first-order valence-electron chi connectivity index (χ1n) is 12.1. The number of hydrogen-bond donors (Lipinski definition) is 6. The van der Waals surface area contributed by atoms with Crippen molar-refractivity contribution in [2.45, 2.75) is 12.8 Å². The lowest BCUT2D eigenvalue weighted by atomic mass is 10.2. The van der Waals surface area contributed by atoms with E-state index in [9.17, 15) is 19.2 Å². The molecule has 2 aromatic carbocycles. The summed E-state index contributed by atoms with van der Waals surface area (Å²) in [5, 5.41) is 11.6. The van der Waals surface area contributed by atoms with E-state index in [1.54, 1.807) is 48.5 Å². The molecule has 4 aromatic rings. The van der Waals surface area contributed by atoms with E-state index in [2.05, 4.69) is 41.2 Å². The van der Waals surface area contributed by atoms with Crippen LogP contribution >= 0.6 is 23.2 Å². The number of imidazole rings is 2. The zero-order valence-electron chi connectivity index (χ0n) is 20.9. The smallest absolute Gasteiger partial charge is 0.276 e. The third-order valence-corrected chi connectivity index (χ3v) is 5.97. The van der Waals surface area contributed by atoms with Crippen LogP contribution in [0.1, 0.15) is 54.8 Å². The minimum Gasteiger partial charge on any atom is -0.351 e. The van der Waals surface area contributed by atoms with Crippen LogP contribution in [-0.2, 0) is 0 Å². The molecule has 0 fully saturated rings. The SMILES string of the molecule is O=C(Nc1cccc(Cl)c1)c1nc[nH]c1C(=O)NCCCCNC(=O)c1[nH]cnc1C(=O)Nc1cccc(Cl)c1. The number of carbonyl (C=O) groups is 4. The maximum absolute atomic E-state index is 12.6. The molecule has 0 atom stereocenters. The van der Waals surface area contributed by atoms with Crippen molar-refractivity contribution >= 4 is 58.2 Å². The Morgan fingerprint density at radius 3 is 1.48 bits per heavy atom. The maximum atomic E-state index is 12.6. The number of nitrogens with one attached hydrogen (secondary N) is 6. The highest BCUT2D eigenvalue weighted by molar-refractivity contribution is 6.31. The molecule has 12 nitrogen and oxygen atoms in total. The van der Waals surface area contributed by atoms with Crippen molar-refractivity contribution in [3.63, 3.8) is 0 Å². The third-order valence-electron chi connectivity index (χ3n) is 5.50. The van der Waals surface area contributed by atoms with E-state index in [1.807, 2.05) is 0 Å². The molecule has 0 saturated heterocycles. The van der Waals surface area contributed by atoms with Crippen LogP contribution in [0, 0.1) is 0 Å². The Labute approximate surface area is 238 Å². The Morgan fingerprint density at radius 1 is 0.650 bits per heavy atom. The average Bonchev–Trinajstić information content (AvgIpc) is 3.61. The Morgan fingerprint density at radius 2 is 1.07 bits per heavy atom. The predicted octanol–water partition coefficient (Wildman–Crippen LogP) is 3.88. The third kappa shape index (κ3) is 7.46. The number of nitrogens with zero attached hydrogens (tertiary/aromatic N) is 2. The molecule has 0 spiro atoms. The van der Waals surface area contributed by atoms with Crippen LogP contribution in [0.4, 0.5) is 11.4 Å². The Hall–Kier alpha value is -4.68. The van der Waals surface area contributed by atoms with Crippen LogP contribution in [-0.4, -0.2) is 56.7 Å². The zero-order chi connectivity index (χ0) is 28.5. The number of rotatable bonds is 11. The van der Waals surface area contributed by atoms with Crippen LogP contribution in [0.25, 0.3) is 0 Å². The summed E-state index contributed by atoms with van der Waals surface area (Å²) in [6.45, 7) is 0.584. The van der Waals surface area contributed by atoms with Crippen LogP contribution < -0.4 is 21.3 Å². The summed E-state index contributed by atoms with van der Waals surface area (Å²) in [5.41, 5.74) is 0.876. The molecule has 2 aromatic heterocycles. The fourth-order valence-corrected chi connectivity index (χ4v) is 4.00. The van der Waals surface area contributed by atoms with Gasteiger partial charge < -0.3 is 31.2 Å². The van der Waals surface area contributed by atoms with Crippen molar-refractivity contribution in [1.82, 2.24) is 30.6 Å². The standard InChI is InChI=1S/C26H24Cl2N8O4/c27-15-5-3-7-17(11-15)35-25(39)21-19(31-13-33-21)23(37)29-9-1-2-10-30-24(38)20-22(34-14-32-20)26(40)36-18-8-4-6-16(28)12-18/h3-8,11-14H,1-2,9-10H2,(H,29,37)(H,30,38)(H,31,33)(H,32,34)(H,35,39)(H,36,40). The number of aromatic amines is 2. The molecular weight excluding hydrogens is 559 g/mol. The number of carbonyl (C=O) groups excluding carboxylic acids is 4. The molecule has 0 saturated carbocycles. The number of unbranched alkanes of at least 4 members (excludes halogenated alkanes) is 1. The lowest BCUT2D eigenvalue weighted by Gasteiger charge is -2.08. The van der Waals surface area contributed by atoms with Gasteiger partial charge in [-0.1, -0.05) is 35.3 Å². The molecule has 4 rings (SSSR count). The van der Waals surface area contributed by atoms with Gasteiger partial charge in [-0.15, -0.1) is 0 Å². The molecule has 4 amide bonds. The highest BCUT2D eigenvalue weighted by atomic mass is 35.5. The minimum atomic E-state index is -0.559. The summed E-state index contributed by atoms with van der Waals surface area (Å²) >= 11 is 11.9. The van der Waals surface area contributed by atoms with Crippen LogP contribution in [0.5, 0.6) is 0 Å². The van der Waals surface area contributed by atoms with Crippen molar-refractivity contribution in [3.05, 3.63) is 94.0 Å². The number of halogens is 2. The predicted molar refractivity (Wildman–Crippen MR) is 150 cm³/mol. The number of hydrogen-bond acceptors (Lipinski definition) is 6. The van der Waals surface area contributed by atoms with Crippen molar-refractivity contribution in [1.29, 1.82) is 0 Å². The van der Waals surface area contributed by atoms with Gasteiger partial charge in [0.15, 0.2) is 11.4 Å². The molecule has 0 aliphatic heterocycles. The van der Waals surface area contributed by atoms with Gasteiger partial charge >= 0.3 is 0 Å². The van der Waals surface area contributed by atoms with E-state index in [4.69, 9.17) is 23.2 Å². The number of aromatic nitrogens is 4. The van der Waals surface area contributed by atoms with E-state index in [-0.39, 0.29) is 22.8 Å². The van der Waals surface area contributed by atoms with Gasteiger partial charge in [0, 0.05) is 34.5 Å². The first-order valence-corrected chi connectivity index (χ1v) is 12.8. The van der Waals surface area contributed by atoms with Gasteiger partial charge in [0.1, 0.15) is 11.4 Å². The second-order valence-electron chi connectivity index (χ2n) is 8.40. The van der Waals surface area contributed by atoms with Gasteiger partial charge in [-0.2, -0.15) is 0 Å². The summed E-state index contributed by atoms with van der Waals surface area (Å²) in [6.07, 6.45) is 3.59. The second kappa shape index (κ2) is 13.4. The molecule has 40 heavy (non-hydrogen) atoms. The quantitative estimate of drug-likeness (QED) is 0.146. The van der Waals surface area contributed by atoms with Crippen LogP contribution in [0.2, 0.25) is 10.0 Å². The van der Waals surface area contributed by atoms with Gasteiger partial charge in [-0.3, -0.25) is 19.2 Å². The summed E-state index contributed by atoms with van der Waals surface area (Å²) < 4.78 is 0. The Bertz CT molecular complexity index is 1420. The molecule has 0 bridgehead atoms. The molecule has 0 aliphatic carbocycles. The molecular formula is C26H24Cl2N8O4. The molecule has 14 heteroatoms. The molecule has 0 aliphatic rings. The summed E-state index contributed by atoms with van der Waals surface area (Å²) in [7, 11) is 0. The number of anilines is 2. The molecule has 6 N–H and O–H groups in total. The van der Waals surface area contributed by atoms with Gasteiger partial charge in [-0.05, 0) is 49.2 Å². The van der Waals surface area contributed by atoms with Gasteiger partial charge in [0.25, 0.3) is 23.6 Å². The van der Waals surface area contributed by atoms with Crippen molar-refractivity contribution in [3.8, 4) is 0 Å². The minimum absolute atomic E-state index is 0.0238. The average molecular weight is 583 g/mol. The lowest BCUT2D eigenvalue weighted by Crippen LogP contribution is -2.30. The largest absolute Gasteiger partial charge is 0.351 e. The molecule has 2 heterocycles. The highest BCUT2D eigenvalue weighted by Crippen LogP contribution is 2.17. The summed E-state index contributed by atoms with van der Waals surface area (Å²) in [5.74, 6) is -2.11. The molecule has 0 radical (unpaired) electrons. The number of benzene rings is 2. The Kier molecular flexibility index (Phi) is 9.49. The topological polar surface area (TPSA) is 174 Å². The summed E-state index contributed by atoms with van der Waals surface area (Å²) in [6, 6.07) is 13.2. The lowest BCUT2D eigenvalue weighted by molar-refractivity contribution is 0.0927. The summed E-state index contributed by atoms with van der Waals surface area (Å²) in [4.78, 5) is 63.6. The normalized spacial score (nSPS) is 10.6. The van der Waals surface area contributed by atoms with E-state index in [0.29, 0.717) is 47.4 Å². The van der Waals surface area contributed by atoms with Crippen molar-refractivity contribution in [2.24, 2.45) is 0 Å². The van der Waals surface area contributed by atoms with Crippen molar-refractivity contribution in [2.75, 3.05) is 23.7 Å². The first-order chi connectivity index (χ1) is 19.3. The van der Waals surface area contributed by atoms with E-state index < -0.39 is 23.6 Å². The monoisotopic (exact) mass is 582 g/mol. The Balaban J connectivity index is 1.20. The van der Waals surface area contributed by atoms with Crippen LogP contribution in [0.15, 0.2) is 61.2 Å². The zero-order valence-corrected chi connectivity index (χ0v) is 22.4. The van der Waals surface area contributed by atoms with Crippen molar-refractivity contribution < 1.29 is 19.2 Å². The highest BCUT2D eigenvalue weighted by Gasteiger charge is 2.21. The number of amides is 4. The van der Waals surface area contributed by atoms with Gasteiger partial charge in [-0.25, -0.2) is 9.97 Å². The van der Waals surface area contributed by atoms with E-state index in [0.717, 1.165) is 0 Å². The van der Waals surface area contributed by atoms with Gasteiger partial charge in [0.2, 0.25) is 0 Å². The molecule has 206 valence electrons. The number of H-pyrrole nitrogens is 2. The van der Waals surface area contributed by atoms with Gasteiger partial charge in [0.05, 0.1) is 12.7 Å². The molecule has 0 unspecified atom stereocenters. The second-order valence-corrected chi connectivity index (χ2v) is 9.27. The fourth-order valence-electron chi connectivity index (χ4n) is 3.62. The van der Waals surface area contributed by atoms with E-state index in [1.165, 1.54) is 12.7 Å². The van der Waals surface area contributed by atoms with E-state index >= 15 is 0 Å². The maximum Gasteiger partial charge on any atom is 0.276 e. The first kappa shape index (κ1) is 28.3. The van der Waals surface area contributed by atoms with Crippen LogP contribution in [0.3, 0.4) is 0 Å². The fraction of sp³-hybridized carbons (Fsp3) is 0.154.